The lowest BCUT2D eigenvalue weighted by atomic mass is 10.1. The summed E-state index contributed by atoms with van der Waals surface area (Å²) in [6, 6.07) is 7.98. The molecule has 0 N–H and O–H groups in total. The third-order valence-electron chi connectivity index (χ3n) is 3.73. The summed E-state index contributed by atoms with van der Waals surface area (Å²) in [5, 5.41) is 0.524. The van der Waals surface area contributed by atoms with Crippen LogP contribution in [-0.2, 0) is 11.4 Å². The SMILES string of the molecule is CCn1ccc(C(=O)ON2C(=O)c3ccccc3C2=O)c1C. The van der Waals surface area contributed by atoms with Crippen molar-refractivity contribution in [3.05, 3.63) is 58.9 Å². The maximum absolute atomic E-state index is 12.2. The van der Waals surface area contributed by atoms with E-state index >= 15 is 0 Å². The molecular formula is C16H14N2O4. The van der Waals surface area contributed by atoms with Crippen molar-refractivity contribution in [1.82, 2.24) is 9.63 Å². The average molecular weight is 298 g/mol. The summed E-state index contributed by atoms with van der Waals surface area (Å²) < 4.78 is 1.87. The maximum Gasteiger partial charge on any atom is 0.365 e. The number of aromatic nitrogens is 1. The van der Waals surface area contributed by atoms with Crippen LogP contribution >= 0.6 is 0 Å². The average Bonchev–Trinajstić information content (AvgIpc) is 3.01. The lowest BCUT2D eigenvalue weighted by molar-refractivity contribution is -0.0585. The number of carbonyl (C=O) groups is 3. The van der Waals surface area contributed by atoms with E-state index in [1.54, 1.807) is 31.3 Å². The zero-order valence-electron chi connectivity index (χ0n) is 12.2. The molecular weight excluding hydrogens is 284 g/mol. The molecule has 0 spiro atoms. The molecule has 1 aliphatic heterocycles. The van der Waals surface area contributed by atoms with E-state index in [0.29, 0.717) is 17.2 Å². The van der Waals surface area contributed by atoms with Crippen LogP contribution in [0, 0.1) is 6.92 Å². The molecule has 22 heavy (non-hydrogen) atoms. The number of hydroxylamine groups is 2. The van der Waals surface area contributed by atoms with Crippen LogP contribution < -0.4 is 0 Å². The summed E-state index contributed by atoms with van der Waals surface area (Å²) in [7, 11) is 0. The molecule has 0 fully saturated rings. The number of nitrogens with zero attached hydrogens (tertiary/aromatic N) is 2. The summed E-state index contributed by atoms with van der Waals surface area (Å²) in [5.74, 6) is -1.97. The van der Waals surface area contributed by atoms with Crippen LogP contribution in [0.15, 0.2) is 36.5 Å². The Kier molecular flexibility index (Phi) is 3.29. The first kappa shape index (κ1) is 14.1. The number of benzene rings is 1. The fourth-order valence-electron chi connectivity index (χ4n) is 2.49. The van der Waals surface area contributed by atoms with Crippen molar-refractivity contribution in [1.29, 1.82) is 0 Å². The second kappa shape index (κ2) is 5.14. The zero-order valence-corrected chi connectivity index (χ0v) is 12.2. The number of carbonyl (C=O) groups excluding carboxylic acids is 3. The van der Waals surface area contributed by atoms with E-state index in [9.17, 15) is 14.4 Å². The molecule has 0 saturated heterocycles. The Labute approximate surface area is 126 Å². The van der Waals surface area contributed by atoms with Gasteiger partial charge in [0.25, 0.3) is 11.8 Å². The van der Waals surface area contributed by atoms with Gasteiger partial charge in [-0.2, -0.15) is 0 Å². The summed E-state index contributed by atoms with van der Waals surface area (Å²) in [6.45, 7) is 4.45. The Hall–Kier alpha value is -2.89. The second-order valence-corrected chi connectivity index (χ2v) is 4.93. The molecule has 2 aromatic rings. The molecule has 1 aliphatic rings. The van der Waals surface area contributed by atoms with Crippen LogP contribution in [0.5, 0.6) is 0 Å². The number of amides is 2. The number of aryl methyl sites for hydroxylation is 1. The fraction of sp³-hybridized carbons (Fsp3) is 0.188. The van der Waals surface area contributed by atoms with Gasteiger partial charge >= 0.3 is 5.97 Å². The lowest BCUT2D eigenvalue weighted by Crippen LogP contribution is -2.32. The predicted molar refractivity (Wildman–Crippen MR) is 77.2 cm³/mol. The number of imide groups is 1. The third-order valence-corrected chi connectivity index (χ3v) is 3.73. The highest BCUT2D eigenvalue weighted by Gasteiger charge is 2.39. The number of rotatable bonds is 3. The zero-order chi connectivity index (χ0) is 15.9. The molecule has 6 nitrogen and oxygen atoms in total. The Bertz CT molecular complexity index is 756. The molecule has 0 atom stereocenters. The molecule has 6 heteroatoms. The standard InChI is InChI=1S/C16H14N2O4/c1-3-17-9-8-11(10(17)2)16(21)22-18-14(19)12-6-4-5-7-13(12)15(18)20/h4-9H,3H2,1-2H3. The van der Waals surface area contributed by atoms with Crippen molar-refractivity contribution < 1.29 is 19.2 Å². The van der Waals surface area contributed by atoms with E-state index in [1.165, 1.54) is 12.1 Å². The highest BCUT2D eigenvalue weighted by Crippen LogP contribution is 2.23. The van der Waals surface area contributed by atoms with E-state index < -0.39 is 17.8 Å². The first-order valence-electron chi connectivity index (χ1n) is 6.90. The summed E-state index contributed by atoms with van der Waals surface area (Å²) >= 11 is 0. The van der Waals surface area contributed by atoms with Crippen molar-refractivity contribution >= 4 is 17.8 Å². The highest BCUT2D eigenvalue weighted by molar-refractivity contribution is 6.21. The number of hydrogen-bond acceptors (Lipinski definition) is 4. The van der Waals surface area contributed by atoms with Gasteiger partial charge in [0, 0.05) is 18.4 Å². The van der Waals surface area contributed by atoms with Crippen LogP contribution in [-0.4, -0.2) is 27.4 Å². The first-order chi connectivity index (χ1) is 10.5. The molecule has 2 amide bonds. The minimum atomic E-state index is -0.723. The van der Waals surface area contributed by atoms with Crippen LogP contribution in [0.4, 0.5) is 0 Å². The van der Waals surface area contributed by atoms with Gasteiger partial charge < -0.3 is 9.40 Å². The Morgan fingerprint density at radius 1 is 1.09 bits per heavy atom. The molecule has 0 unspecified atom stereocenters. The van der Waals surface area contributed by atoms with Gasteiger partial charge in [-0.1, -0.05) is 17.2 Å². The van der Waals surface area contributed by atoms with Gasteiger partial charge in [0.1, 0.15) is 0 Å². The van der Waals surface area contributed by atoms with E-state index in [1.807, 2.05) is 11.5 Å². The molecule has 0 radical (unpaired) electrons. The Balaban J connectivity index is 1.85. The van der Waals surface area contributed by atoms with Crippen LogP contribution in [0.3, 0.4) is 0 Å². The van der Waals surface area contributed by atoms with E-state index in [2.05, 4.69) is 0 Å². The van der Waals surface area contributed by atoms with Crippen LogP contribution in [0.2, 0.25) is 0 Å². The van der Waals surface area contributed by atoms with Gasteiger partial charge in [-0.05, 0) is 32.0 Å². The minimum absolute atomic E-state index is 0.239. The smallest absolute Gasteiger partial charge is 0.351 e. The normalized spacial score (nSPS) is 13.5. The molecule has 1 aromatic carbocycles. The van der Waals surface area contributed by atoms with Crippen molar-refractivity contribution in [2.75, 3.05) is 0 Å². The van der Waals surface area contributed by atoms with E-state index in [4.69, 9.17) is 4.84 Å². The molecule has 0 saturated carbocycles. The summed E-state index contributed by atoms with van der Waals surface area (Å²) in [4.78, 5) is 41.5. The number of fused-ring (bicyclic) bond motifs is 1. The number of hydrogen-bond donors (Lipinski definition) is 0. The summed E-state index contributed by atoms with van der Waals surface area (Å²) in [5.41, 5.74) is 1.54. The topological polar surface area (TPSA) is 68.6 Å². The molecule has 112 valence electrons. The van der Waals surface area contributed by atoms with Gasteiger partial charge in [0.05, 0.1) is 16.7 Å². The van der Waals surface area contributed by atoms with E-state index in [-0.39, 0.29) is 11.1 Å². The van der Waals surface area contributed by atoms with Gasteiger partial charge in [-0.3, -0.25) is 9.59 Å². The molecule has 1 aromatic heterocycles. The van der Waals surface area contributed by atoms with Gasteiger partial charge in [-0.25, -0.2) is 4.79 Å². The van der Waals surface area contributed by atoms with Gasteiger partial charge in [0.2, 0.25) is 0 Å². The molecule has 0 bridgehead atoms. The van der Waals surface area contributed by atoms with Crippen LogP contribution in [0.25, 0.3) is 0 Å². The molecule has 3 rings (SSSR count). The van der Waals surface area contributed by atoms with Crippen molar-refractivity contribution in [2.24, 2.45) is 0 Å². The monoisotopic (exact) mass is 298 g/mol. The van der Waals surface area contributed by atoms with Gasteiger partial charge in [-0.15, -0.1) is 0 Å². The molecule has 0 aliphatic carbocycles. The quantitative estimate of drug-likeness (QED) is 0.814. The largest absolute Gasteiger partial charge is 0.365 e. The highest BCUT2D eigenvalue weighted by atomic mass is 16.7. The second-order valence-electron chi connectivity index (χ2n) is 4.93. The van der Waals surface area contributed by atoms with Crippen molar-refractivity contribution in [3.63, 3.8) is 0 Å². The summed E-state index contributed by atoms with van der Waals surface area (Å²) in [6.07, 6.45) is 1.76. The van der Waals surface area contributed by atoms with Crippen molar-refractivity contribution in [3.8, 4) is 0 Å². The third kappa shape index (κ3) is 2.00. The van der Waals surface area contributed by atoms with E-state index in [0.717, 1.165) is 5.69 Å². The fourth-order valence-corrected chi connectivity index (χ4v) is 2.49. The maximum atomic E-state index is 12.2. The Morgan fingerprint density at radius 2 is 1.68 bits per heavy atom. The molecule has 2 heterocycles. The predicted octanol–water partition coefficient (Wildman–Crippen LogP) is 2.18. The lowest BCUT2D eigenvalue weighted by Gasteiger charge is -2.12. The van der Waals surface area contributed by atoms with Crippen molar-refractivity contribution in [2.45, 2.75) is 20.4 Å². The first-order valence-corrected chi connectivity index (χ1v) is 6.90. The Morgan fingerprint density at radius 3 is 2.18 bits per heavy atom. The minimum Gasteiger partial charge on any atom is -0.351 e. The van der Waals surface area contributed by atoms with Crippen LogP contribution in [0.1, 0.15) is 43.7 Å². The van der Waals surface area contributed by atoms with Gasteiger partial charge in [0.15, 0.2) is 0 Å².